The van der Waals surface area contributed by atoms with Gasteiger partial charge in [-0.1, -0.05) is 54.6 Å². The molecule has 0 aliphatic heterocycles. The minimum Gasteiger partial charge on any atom is -0.481 e. The van der Waals surface area contributed by atoms with Gasteiger partial charge in [0.2, 0.25) is 5.91 Å². The van der Waals surface area contributed by atoms with Gasteiger partial charge < -0.3 is 15.7 Å². The van der Waals surface area contributed by atoms with Crippen LogP contribution in [-0.4, -0.2) is 41.9 Å². The number of aliphatic carboxylic acids is 1. The number of halogens is 3. The number of alkyl halides is 3. The van der Waals surface area contributed by atoms with E-state index in [-0.39, 0.29) is 31.2 Å². The van der Waals surface area contributed by atoms with Gasteiger partial charge in [-0.05, 0) is 73.8 Å². The Bertz CT molecular complexity index is 1420. The zero-order valence-electron chi connectivity index (χ0n) is 24.0. The van der Waals surface area contributed by atoms with Crippen molar-refractivity contribution >= 4 is 17.8 Å². The fraction of sp³-hybridized carbons (Fsp3) is 0.394. The van der Waals surface area contributed by atoms with Crippen molar-refractivity contribution in [2.45, 2.75) is 62.8 Å². The Labute approximate surface area is 253 Å². The molecule has 4 rings (SSSR count). The second-order valence-electron chi connectivity index (χ2n) is 11.2. The van der Waals surface area contributed by atoms with Gasteiger partial charge in [-0.2, -0.15) is 5.26 Å². The summed E-state index contributed by atoms with van der Waals surface area (Å²) in [4.78, 5) is 36.8. The van der Waals surface area contributed by atoms with Crippen LogP contribution in [0, 0.1) is 23.2 Å². The molecule has 44 heavy (non-hydrogen) atoms. The van der Waals surface area contributed by atoms with Crippen LogP contribution < -0.4 is 10.6 Å². The number of hydrogen-bond acceptors (Lipinski definition) is 5. The Kier molecular flexibility index (Phi) is 10.6. The molecule has 0 aromatic heterocycles. The fourth-order valence-corrected chi connectivity index (χ4v) is 5.85. The van der Waals surface area contributed by atoms with E-state index in [1.807, 2.05) is 30.3 Å². The Morgan fingerprint density at radius 2 is 1.75 bits per heavy atom. The number of hydrogen-bond donors (Lipinski definition) is 3. The molecule has 2 aromatic rings. The number of nitrogens with zero attached hydrogens (tertiary/aromatic N) is 1. The smallest absolute Gasteiger partial charge is 0.481 e. The lowest BCUT2D eigenvalue weighted by atomic mass is 9.64. The predicted molar refractivity (Wildman–Crippen MR) is 155 cm³/mol. The van der Waals surface area contributed by atoms with Crippen LogP contribution in [0.5, 0.6) is 0 Å². The molecule has 2 unspecified atom stereocenters. The molecule has 11 heteroatoms. The first-order valence-corrected chi connectivity index (χ1v) is 14.5. The standard InChI is InChI=1S/C33H34F3N3O5/c34-33(35,36)44-27-12-10-26(11-13-27)39-31(43)28(20-22-6-8-24(9-7-22)30(42)38-19-16-29(40)41)23-14-17-32(21-37,18-15-23)25-4-2-1-3-5-25/h1-12,23,27-28H,13-20H2,(H,38,42)(H,39,43)(H,40,41). The highest BCUT2D eigenvalue weighted by Crippen LogP contribution is 2.44. The average molecular weight is 610 g/mol. The van der Waals surface area contributed by atoms with Gasteiger partial charge in [0.25, 0.3) is 5.91 Å². The summed E-state index contributed by atoms with van der Waals surface area (Å²) in [6, 6.07) is 18.9. The number of amides is 2. The first kappa shape index (κ1) is 32.5. The molecule has 2 aliphatic carbocycles. The third-order valence-electron chi connectivity index (χ3n) is 8.24. The van der Waals surface area contributed by atoms with Gasteiger partial charge in [0.05, 0.1) is 24.0 Å². The average Bonchev–Trinajstić information content (AvgIpc) is 3.00. The molecule has 0 spiro atoms. The van der Waals surface area contributed by atoms with Crippen molar-refractivity contribution in [2.24, 2.45) is 11.8 Å². The molecule has 0 radical (unpaired) electrons. The number of benzene rings is 2. The predicted octanol–water partition coefficient (Wildman–Crippen LogP) is 5.57. The van der Waals surface area contributed by atoms with Gasteiger partial charge in [0.15, 0.2) is 0 Å². The highest BCUT2D eigenvalue weighted by atomic mass is 19.4. The van der Waals surface area contributed by atoms with Crippen molar-refractivity contribution in [3.05, 3.63) is 95.2 Å². The topological polar surface area (TPSA) is 129 Å². The van der Waals surface area contributed by atoms with Crippen LogP contribution in [0.25, 0.3) is 0 Å². The summed E-state index contributed by atoms with van der Waals surface area (Å²) in [5, 5.41) is 24.3. The molecule has 8 nitrogen and oxygen atoms in total. The Morgan fingerprint density at radius 3 is 2.32 bits per heavy atom. The van der Waals surface area contributed by atoms with E-state index in [1.165, 1.54) is 18.2 Å². The molecule has 2 aromatic carbocycles. The summed E-state index contributed by atoms with van der Waals surface area (Å²) in [7, 11) is 0. The SMILES string of the molecule is N#CC1(c2ccccc2)CCC(C(Cc2ccc(C(=O)NCCC(=O)O)cc2)C(=O)NC2=CCC(OC(F)(F)F)C=C2)CC1. The van der Waals surface area contributed by atoms with E-state index in [9.17, 15) is 32.8 Å². The number of ether oxygens (including phenoxy) is 1. The summed E-state index contributed by atoms with van der Waals surface area (Å²) >= 11 is 0. The van der Waals surface area contributed by atoms with Crippen molar-refractivity contribution in [3.8, 4) is 6.07 Å². The summed E-state index contributed by atoms with van der Waals surface area (Å²) in [6.07, 6.45) is 0.765. The fourth-order valence-electron chi connectivity index (χ4n) is 5.85. The van der Waals surface area contributed by atoms with Crippen LogP contribution >= 0.6 is 0 Å². The highest BCUT2D eigenvalue weighted by molar-refractivity contribution is 5.94. The number of nitriles is 1. The number of carboxylic acid groups (broad SMARTS) is 1. The van der Waals surface area contributed by atoms with Gasteiger partial charge in [-0.25, -0.2) is 0 Å². The monoisotopic (exact) mass is 609 g/mol. The van der Waals surface area contributed by atoms with E-state index in [2.05, 4.69) is 21.4 Å². The van der Waals surface area contributed by atoms with Crippen LogP contribution in [0.2, 0.25) is 0 Å². The van der Waals surface area contributed by atoms with Gasteiger partial charge in [0, 0.05) is 23.7 Å². The van der Waals surface area contributed by atoms with E-state index < -0.39 is 35.7 Å². The van der Waals surface area contributed by atoms with E-state index >= 15 is 0 Å². The minimum atomic E-state index is -4.76. The minimum absolute atomic E-state index is 0.000384. The second kappa shape index (κ2) is 14.4. The van der Waals surface area contributed by atoms with Crippen molar-refractivity contribution in [1.29, 1.82) is 5.26 Å². The zero-order chi connectivity index (χ0) is 31.7. The number of carbonyl (C=O) groups is 3. The first-order chi connectivity index (χ1) is 21.0. The van der Waals surface area contributed by atoms with Crippen molar-refractivity contribution in [1.82, 2.24) is 10.6 Å². The summed E-state index contributed by atoms with van der Waals surface area (Å²) in [5.41, 5.74) is 1.86. The quantitative estimate of drug-likeness (QED) is 0.306. The number of carbonyl (C=O) groups excluding carboxylic acids is 2. The number of carboxylic acids is 1. The lowest BCUT2D eigenvalue weighted by Gasteiger charge is -2.38. The first-order valence-electron chi connectivity index (χ1n) is 14.5. The molecule has 1 fully saturated rings. The normalized spacial score (nSPS) is 22.3. The van der Waals surface area contributed by atoms with Crippen LogP contribution in [0.4, 0.5) is 13.2 Å². The van der Waals surface area contributed by atoms with Gasteiger partial charge in [0.1, 0.15) is 0 Å². The van der Waals surface area contributed by atoms with Crippen LogP contribution in [0.15, 0.2) is 78.5 Å². The van der Waals surface area contributed by atoms with Crippen molar-refractivity contribution in [2.75, 3.05) is 6.54 Å². The van der Waals surface area contributed by atoms with E-state index in [0.29, 0.717) is 43.4 Å². The Hall–Kier alpha value is -4.43. The van der Waals surface area contributed by atoms with Crippen molar-refractivity contribution in [3.63, 3.8) is 0 Å². The molecule has 2 amide bonds. The number of allylic oxidation sites excluding steroid dienone is 1. The molecule has 2 aliphatic rings. The lowest BCUT2D eigenvalue weighted by molar-refractivity contribution is -0.336. The lowest BCUT2D eigenvalue weighted by Crippen LogP contribution is -2.40. The molecule has 0 heterocycles. The van der Waals surface area contributed by atoms with Gasteiger partial charge in [-0.15, -0.1) is 13.2 Å². The van der Waals surface area contributed by atoms with Crippen LogP contribution in [0.1, 0.15) is 60.0 Å². The molecule has 2 atom stereocenters. The van der Waals surface area contributed by atoms with Crippen LogP contribution in [-0.2, 0) is 26.2 Å². The summed E-state index contributed by atoms with van der Waals surface area (Å²) < 4.78 is 41.8. The molecule has 3 N–H and O–H groups in total. The highest BCUT2D eigenvalue weighted by Gasteiger charge is 2.41. The second-order valence-corrected chi connectivity index (χ2v) is 11.2. The van der Waals surface area contributed by atoms with Gasteiger partial charge >= 0.3 is 12.3 Å². The largest absolute Gasteiger partial charge is 0.523 e. The van der Waals surface area contributed by atoms with E-state index in [1.54, 1.807) is 24.3 Å². The Balaban J connectivity index is 1.48. The third-order valence-corrected chi connectivity index (χ3v) is 8.24. The van der Waals surface area contributed by atoms with Crippen LogP contribution in [0.3, 0.4) is 0 Å². The number of nitrogens with one attached hydrogen (secondary N) is 2. The maximum atomic E-state index is 13.7. The Morgan fingerprint density at radius 1 is 1.07 bits per heavy atom. The molecular weight excluding hydrogens is 575 g/mol. The maximum absolute atomic E-state index is 13.7. The summed E-state index contributed by atoms with van der Waals surface area (Å²) in [5.74, 6) is -2.26. The molecule has 232 valence electrons. The summed E-state index contributed by atoms with van der Waals surface area (Å²) in [6.45, 7) is 0.000384. The molecule has 0 saturated heterocycles. The zero-order valence-corrected chi connectivity index (χ0v) is 24.0. The van der Waals surface area contributed by atoms with Crippen molar-refractivity contribution < 1.29 is 37.4 Å². The molecule has 1 saturated carbocycles. The van der Waals surface area contributed by atoms with E-state index in [0.717, 1.165) is 11.1 Å². The number of rotatable bonds is 11. The van der Waals surface area contributed by atoms with E-state index in [4.69, 9.17) is 5.11 Å². The third kappa shape index (κ3) is 8.80. The maximum Gasteiger partial charge on any atom is 0.523 e. The molecule has 0 bridgehead atoms. The molecular formula is C33H34F3N3O5. The van der Waals surface area contributed by atoms with Gasteiger partial charge in [-0.3, -0.25) is 19.1 Å².